The molecule has 1 saturated heterocycles. The number of hydrogen-bond donors (Lipinski definition) is 3. The molecule has 1 unspecified atom stereocenters. The molecule has 1 heterocycles. The van der Waals surface area contributed by atoms with Crippen LogP contribution >= 0.6 is 7.28 Å². The van der Waals surface area contributed by atoms with Crippen molar-refractivity contribution in [1.29, 1.82) is 0 Å². The standard InChI is InChI=1S/C9H22NO3P/c1-3-4-8-13-14(2,11,12)9-6-5-7-10-9/h9-12H,3-8H2,1-2H3. The van der Waals surface area contributed by atoms with Gasteiger partial charge >= 0.3 is 85.1 Å². The molecule has 86 valence electrons. The molecule has 0 aromatic carbocycles. The third kappa shape index (κ3) is 3.14. The molecule has 1 atom stereocenters. The predicted molar refractivity (Wildman–Crippen MR) is 59.2 cm³/mol. The summed E-state index contributed by atoms with van der Waals surface area (Å²) in [6.45, 7) is 4.81. The minimum absolute atomic E-state index is 0.252. The van der Waals surface area contributed by atoms with Crippen molar-refractivity contribution >= 4 is 7.28 Å². The van der Waals surface area contributed by atoms with E-state index < -0.39 is 7.28 Å². The van der Waals surface area contributed by atoms with Gasteiger partial charge in [-0.2, -0.15) is 0 Å². The van der Waals surface area contributed by atoms with Crippen LogP contribution in [-0.4, -0.2) is 35.4 Å². The van der Waals surface area contributed by atoms with E-state index in [1.54, 1.807) is 0 Å². The SMILES string of the molecule is CCCCOP(C)(O)(O)C1CCCN1. The molecule has 1 rings (SSSR count). The van der Waals surface area contributed by atoms with Crippen molar-refractivity contribution < 1.29 is 14.3 Å². The van der Waals surface area contributed by atoms with Crippen molar-refractivity contribution in [3.05, 3.63) is 0 Å². The molecule has 0 aromatic heterocycles. The van der Waals surface area contributed by atoms with Gasteiger partial charge in [0.05, 0.1) is 0 Å². The van der Waals surface area contributed by atoms with Gasteiger partial charge in [0.15, 0.2) is 0 Å². The molecule has 1 fully saturated rings. The number of hydrogen-bond acceptors (Lipinski definition) is 4. The molecular formula is C9H22NO3P. The summed E-state index contributed by atoms with van der Waals surface area (Å²) in [5.41, 5.74) is 0. The van der Waals surface area contributed by atoms with Crippen LogP contribution in [0.5, 0.6) is 0 Å². The van der Waals surface area contributed by atoms with Gasteiger partial charge in [0.1, 0.15) is 0 Å². The molecular weight excluding hydrogens is 201 g/mol. The van der Waals surface area contributed by atoms with Gasteiger partial charge in [0.25, 0.3) is 0 Å². The molecule has 3 N–H and O–H groups in total. The Morgan fingerprint density at radius 3 is 2.71 bits per heavy atom. The Morgan fingerprint density at radius 1 is 1.50 bits per heavy atom. The maximum absolute atomic E-state index is 10.1. The molecule has 5 heteroatoms. The van der Waals surface area contributed by atoms with E-state index in [-0.39, 0.29) is 5.78 Å². The summed E-state index contributed by atoms with van der Waals surface area (Å²) < 4.78 is 5.32. The van der Waals surface area contributed by atoms with Gasteiger partial charge in [0.2, 0.25) is 0 Å². The second-order valence-corrected chi connectivity index (χ2v) is 7.97. The van der Waals surface area contributed by atoms with Gasteiger partial charge < -0.3 is 0 Å². The molecule has 0 amide bonds. The summed E-state index contributed by atoms with van der Waals surface area (Å²) in [4.78, 5) is 20.2. The van der Waals surface area contributed by atoms with Gasteiger partial charge in [-0.05, 0) is 0 Å². The van der Waals surface area contributed by atoms with Gasteiger partial charge in [-0.15, -0.1) is 0 Å². The summed E-state index contributed by atoms with van der Waals surface area (Å²) in [5, 5.41) is 3.10. The Bertz CT molecular complexity index is 184. The van der Waals surface area contributed by atoms with Crippen molar-refractivity contribution in [3.8, 4) is 0 Å². The third-order valence-electron chi connectivity index (χ3n) is 2.66. The van der Waals surface area contributed by atoms with Crippen LogP contribution in [0.2, 0.25) is 0 Å². The van der Waals surface area contributed by atoms with E-state index in [4.69, 9.17) is 4.52 Å². The molecule has 0 spiro atoms. The second kappa shape index (κ2) is 4.42. The Hall–Kier alpha value is 0.270. The zero-order chi connectivity index (χ0) is 10.7. The number of nitrogens with one attached hydrogen (secondary N) is 1. The van der Waals surface area contributed by atoms with Gasteiger partial charge in [-0.1, -0.05) is 0 Å². The van der Waals surface area contributed by atoms with E-state index in [1.165, 1.54) is 6.66 Å². The number of rotatable bonds is 5. The molecule has 0 bridgehead atoms. The van der Waals surface area contributed by atoms with Gasteiger partial charge in [-0.25, -0.2) is 0 Å². The van der Waals surface area contributed by atoms with Gasteiger partial charge in [0, 0.05) is 0 Å². The first-order chi connectivity index (χ1) is 6.44. The minimum atomic E-state index is -3.89. The zero-order valence-electron chi connectivity index (χ0n) is 9.07. The van der Waals surface area contributed by atoms with Gasteiger partial charge in [-0.3, -0.25) is 0 Å². The van der Waals surface area contributed by atoms with Crippen LogP contribution in [0.3, 0.4) is 0 Å². The van der Waals surface area contributed by atoms with Crippen LogP contribution in [0.4, 0.5) is 0 Å². The first-order valence-electron chi connectivity index (χ1n) is 5.33. The third-order valence-corrected chi connectivity index (χ3v) is 5.36. The topological polar surface area (TPSA) is 61.7 Å². The zero-order valence-corrected chi connectivity index (χ0v) is 9.96. The van der Waals surface area contributed by atoms with Crippen LogP contribution in [0.1, 0.15) is 32.6 Å². The first kappa shape index (κ1) is 12.3. The molecule has 0 radical (unpaired) electrons. The number of unbranched alkanes of at least 4 members (excludes halogenated alkanes) is 1. The van der Waals surface area contributed by atoms with E-state index in [1.807, 2.05) is 0 Å². The fourth-order valence-electron chi connectivity index (χ4n) is 1.70. The average Bonchev–Trinajstić information content (AvgIpc) is 2.55. The molecule has 0 aliphatic carbocycles. The quantitative estimate of drug-likeness (QED) is 0.487. The second-order valence-electron chi connectivity index (χ2n) is 4.23. The van der Waals surface area contributed by atoms with E-state index in [0.29, 0.717) is 6.61 Å². The summed E-state index contributed by atoms with van der Waals surface area (Å²) >= 11 is 0. The van der Waals surface area contributed by atoms with Crippen LogP contribution in [-0.2, 0) is 4.52 Å². The molecule has 0 aromatic rings. The van der Waals surface area contributed by atoms with E-state index in [9.17, 15) is 9.79 Å². The van der Waals surface area contributed by atoms with E-state index in [0.717, 1.165) is 32.2 Å². The molecule has 1 aliphatic rings. The van der Waals surface area contributed by atoms with Crippen LogP contribution in [0.15, 0.2) is 0 Å². The van der Waals surface area contributed by atoms with Crippen molar-refractivity contribution in [3.63, 3.8) is 0 Å². The summed E-state index contributed by atoms with van der Waals surface area (Å²) in [6.07, 6.45) is 3.67. The Labute approximate surface area is 85.8 Å². The van der Waals surface area contributed by atoms with E-state index in [2.05, 4.69) is 12.2 Å². The Balaban J connectivity index is 2.48. The Morgan fingerprint density at radius 2 is 2.21 bits per heavy atom. The summed E-state index contributed by atoms with van der Waals surface area (Å²) in [6, 6.07) is 0. The van der Waals surface area contributed by atoms with Crippen LogP contribution < -0.4 is 5.32 Å². The Kier molecular flexibility index (Phi) is 3.89. The van der Waals surface area contributed by atoms with Crippen molar-refractivity contribution in [1.82, 2.24) is 5.32 Å². The molecule has 0 saturated carbocycles. The van der Waals surface area contributed by atoms with Crippen LogP contribution in [0, 0.1) is 0 Å². The molecule has 4 nitrogen and oxygen atoms in total. The van der Waals surface area contributed by atoms with Crippen molar-refractivity contribution in [2.75, 3.05) is 19.8 Å². The summed E-state index contributed by atoms with van der Waals surface area (Å²) in [7, 11) is -3.89. The fraction of sp³-hybridized carbons (Fsp3) is 1.00. The van der Waals surface area contributed by atoms with Crippen molar-refractivity contribution in [2.45, 2.75) is 38.4 Å². The molecule has 1 aliphatic heterocycles. The molecule has 14 heavy (non-hydrogen) atoms. The van der Waals surface area contributed by atoms with Crippen molar-refractivity contribution in [2.24, 2.45) is 0 Å². The first-order valence-corrected chi connectivity index (χ1v) is 7.91. The predicted octanol–water partition coefficient (Wildman–Crippen LogP) is 1.43. The monoisotopic (exact) mass is 223 g/mol. The summed E-state index contributed by atoms with van der Waals surface area (Å²) in [5.74, 6) is -0.252. The average molecular weight is 223 g/mol. The van der Waals surface area contributed by atoms with Crippen LogP contribution in [0.25, 0.3) is 0 Å². The normalized spacial score (nSPS) is 26.0. The fourth-order valence-corrected chi connectivity index (χ4v) is 3.79. The maximum atomic E-state index is 10.1. The van der Waals surface area contributed by atoms with E-state index >= 15 is 0 Å².